The minimum Gasteiger partial charge on any atom is -0.355 e. The first-order chi connectivity index (χ1) is 8.22. The van der Waals surface area contributed by atoms with Gasteiger partial charge in [0.25, 0.3) is 0 Å². The fourth-order valence-corrected chi connectivity index (χ4v) is 2.45. The Bertz CT molecular complexity index is 682. The molecular weight excluding hydrogens is 274 g/mol. The Morgan fingerprint density at radius 3 is 2.71 bits per heavy atom. The van der Waals surface area contributed by atoms with Crippen LogP contribution in [-0.4, -0.2) is 4.98 Å². The van der Waals surface area contributed by atoms with E-state index in [1.165, 1.54) is 22.0 Å². The van der Waals surface area contributed by atoms with E-state index in [2.05, 4.69) is 70.3 Å². The van der Waals surface area contributed by atoms with E-state index in [-0.39, 0.29) is 0 Å². The van der Waals surface area contributed by atoms with Gasteiger partial charge >= 0.3 is 0 Å². The number of halogens is 1. The fraction of sp³-hybridized carbons (Fsp3) is 0.0667. The second-order valence-electron chi connectivity index (χ2n) is 4.28. The average molecular weight is 286 g/mol. The molecule has 1 N–H and O–H groups in total. The Balaban J connectivity index is 2.18. The molecule has 0 atom stereocenters. The van der Waals surface area contributed by atoms with Gasteiger partial charge in [0.05, 0.1) is 0 Å². The van der Waals surface area contributed by atoms with Crippen molar-refractivity contribution in [3.63, 3.8) is 0 Å². The van der Waals surface area contributed by atoms with Gasteiger partial charge in [0.1, 0.15) is 0 Å². The van der Waals surface area contributed by atoms with Gasteiger partial charge in [-0.15, -0.1) is 0 Å². The lowest BCUT2D eigenvalue weighted by Gasteiger charge is -1.97. The molecule has 0 aliphatic heterocycles. The van der Waals surface area contributed by atoms with E-state index in [4.69, 9.17) is 0 Å². The number of fused-ring (bicyclic) bond motifs is 1. The zero-order valence-electron chi connectivity index (χ0n) is 9.50. The summed E-state index contributed by atoms with van der Waals surface area (Å²) in [4.78, 5) is 3.46. The maximum atomic E-state index is 3.50. The van der Waals surface area contributed by atoms with Gasteiger partial charge in [-0.05, 0) is 42.3 Å². The van der Waals surface area contributed by atoms with Gasteiger partial charge < -0.3 is 4.98 Å². The third kappa shape index (κ3) is 2.01. The quantitative estimate of drug-likeness (QED) is 0.654. The van der Waals surface area contributed by atoms with Gasteiger partial charge in [-0.2, -0.15) is 0 Å². The number of rotatable bonds is 1. The van der Waals surface area contributed by atoms with Crippen LogP contribution in [0.5, 0.6) is 0 Å². The molecule has 84 valence electrons. The Labute approximate surface area is 109 Å². The van der Waals surface area contributed by atoms with Crippen LogP contribution < -0.4 is 0 Å². The van der Waals surface area contributed by atoms with Crippen LogP contribution in [-0.2, 0) is 0 Å². The standard InChI is InChI=1S/C15H12BrN/c1-10-5-6-12-9-15(17-14(12)7-10)11-3-2-4-13(16)8-11/h2-9,17H,1H3. The molecule has 3 aromatic rings. The summed E-state index contributed by atoms with van der Waals surface area (Å²) in [5.41, 5.74) is 4.83. The van der Waals surface area contributed by atoms with E-state index in [0.29, 0.717) is 0 Å². The van der Waals surface area contributed by atoms with Crippen molar-refractivity contribution in [3.05, 3.63) is 58.6 Å². The van der Waals surface area contributed by atoms with Crippen molar-refractivity contribution in [3.8, 4) is 11.3 Å². The summed E-state index contributed by atoms with van der Waals surface area (Å²) in [6.07, 6.45) is 0. The highest BCUT2D eigenvalue weighted by Gasteiger charge is 2.03. The van der Waals surface area contributed by atoms with Crippen LogP contribution in [0.3, 0.4) is 0 Å². The van der Waals surface area contributed by atoms with Gasteiger partial charge in [-0.1, -0.05) is 40.2 Å². The van der Waals surface area contributed by atoms with Crippen LogP contribution in [0.25, 0.3) is 22.2 Å². The second kappa shape index (κ2) is 4.04. The van der Waals surface area contributed by atoms with Gasteiger partial charge in [0.2, 0.25) is 0 Å². The highest BCUT2D eigenvalue weighted by molar-refractivity contribution is 9.10. The number of benzene rings is 2. The van der Waals surface area contributed by atoms with E-state index in [0.717, 1.165) is 10.2 Å². The molecule has 0 saturated carbocycles. The van der Waals surface area contributed by atoms with Crippen molar-refractivity contribution in [1.82, 2.24) is 4.98 Å². The monoisotopic (exact) mass is 285 g/mol. The lowest BCUT2D eigenvalue weighted by atomic mass is 10.1. The molecule has 0 aliphatic rings. The molecule has 1 nitrogen and oxygen atoms in total. The minimum atomic E-state index is 1.10. The van der Waals surface area contributed by atoms with Gasteiger partial charge in [-0.3, -0.25) is 0 Å². The van der Waals surface area contributed by atoms with E-state index >= 15 is 0 Å². The first kappa shape index (κ1) is 10.6. The molecule has 17 heavy (non-hydrogen) atoms. The van der Waals surface area contributed by atoms with Crippen molar-refractivity contribution in [1.29, 1.82) is 0 Å². The molecular formula is C15H12BrN. The summed E-state index contributed by atoms with van der Waals surface area (Å²) in [5, 5.41) is 1.26. The fourth-order valence-electron chi connectivity index (χ4n) is 2.05. The summed E-state index contributed by atoms with van der Waals surface area (Å²) < 4.78 is 1.10. The van der Waals surface area contributed by atoms with E-state index in [1.54, 1.807) is 0 Å². The molecule has 0 saturated heterocycles. The molecule has 1 aromatic heterocycles. The van der Waals surface area contributed by atoms with E-state index in [9.17, 15) is 0 Å². The Morgan fingerprint density at radius 1 is 1.00 bits per heavy atom. The van der Waals surface area contributed by atoms with Crippen molar-refractivity contribution >= 4 is 26.8 Å². The van der Waals surface area contributed by atoms with Crippen LogP contribution in [0.15, 0.2) is 53.0 Å². The molecule has 0 aliphatic carbocycles. The number of hydrogen-bond donors (Lipinski definition) is 1. The summed E-state index contributed by atoms with van der Waals surface area (Å²) in [7, 11) is 0. The van der Waals surface area contributed by atoms with Crippen molar-refractivity contribution < 1.29 is 0 Å². The zero-order chi connectivity index (χ0) is 11.8. The Morgan fingerprint density at radius 2 is 1.88 bits per heavy atom. The summed E-state index contributed by atoms with van der Waals surface area (Å²) in [6.45, 7) is 2.11. The molecule has 0 bridgehead atoms. The van der Waals surface area contributed by atoms with E-state index in [1.807, 2.05) is 6.07 Å². The molecule has 0 radical (unpaired) electrons. The highest BCUT2D eigenvalue weighted by Crippen LogP contribution is 2.26. The topological polar surface area (TPSA) is 15.8 Å². The summed E-state index contributed by atoms with van der Waals surface area (Å²) >= 11 is 3.50. The minimum absolute atomic E-state index is 1.10. The molecule has 0 spiro atoms. The van der Waals surface area contributed by atoms with Crippen LogP contribution >= 0.6 is 15.9 Å². The maximum absolute atomic E-state index is 3.50. The van der Waals surface area contributed by atoms with Crippen molar-refractivity contribution in [2.75, 3.05) is 0 Å². The lowest BCUT2D eigenvalue weighted by molar-refractivity contribution is 1.43. The Kier molecular flexibility index (Phi) is 2.52. The number of nitrogens with one attached hydrogen (secondary N) is 1. The molecule has 1 heterocycles. The van der Waals surface area contributed by atoms with Gasteiger partial charge in [-0.25, -0.2) is 0 Å². The van der Waals surface area contributed by atoms with Gasteiger partial charge in [0.15, 0.2) is 0 Å². The Hall–Kier alpha value is -1.54. The largest absolute Gasteiger partial charge is 0.355 e. The smallest absolute Gasteiger partial charge is 0.0465 e. The number of hydrogen-bond acceptors (Lipinski definition) is 0. The lowest BCUT2D eigenvalue weighted by Crippen LogP contribution is -1.76. The zero-order valence-corrected chi connectivity index (χ0v) is 11.1. The predicted octanol–water partition coefficient (Wildman–Crippen LogP) is 4.91. The predicted molar refractivity (Wildman–Crippen MR) is 76.2 cm³/mol. The highest BCUT2D eigenvalue weighted by atomic mass is 79.9. The van der Waals surface area contributed by atoms with Crippen molar-refractivity contribution in [2.45, 2.75) is 6.92 Å². The first-order valence-corrected chi connectivity index (χ1v) is 6.37. The molecule has 0 fully saturated rings. The average Bonchev–Trinajstić information content (AvgIpc) is 2.72. The molecule has 0 amide bonds. The molecule has 2 aromatic carbocycles. The number of aryl methyl sites for hydroxylation is 1. The molecule has 3 rings (SSSR count). The molecule has 2 heteroatoms. The van der Waals surface area contributed by atoms with Gasteiger partial charge in [0, 0.05) is 21.1 Å². The number of aromatic amines is 1. The second-order valence-corrected chi connectivity index (χ2v) is 5.20. The normalized spacial score (nSPS) is 10.9. The van der Waals surface area contributed by atoms with Crippen molar-refractivity contribution in [2.24, 2.45) is 0 Å². The maximum Gasteiger partial charge on any atom is 0.0465 e. The van der Waals surface area contributed by atoms with Crippen LogP contribution in [0, 0.1) is 6.92 Å². The van der Waals surface area contributed by atoms with E-state index < -0.39 is 0 Å². The number of aromatic nitrogens is 1. The van der Waals surface area contributed by atoms with Crippen LogP contribution in [0.1, 0.15) is 5.56 Å². The third-order valence-electron chi connectivity index (χ3n) is 2.91. The summed E-state index contributed by atoms with van der Waals surface area (Å²) in [6, 6.07) is 17.0. The number of H-pyrrole nitrogens is 1. The molecule has 0 unspecified atom stereocenters. The summed E-state index contributed by atoms with van der Waals surface area (Å²) in [5.74, 6) is 0. The third-order valence-corrected chi connectivity index (χ3v) is 3.41. The van der Waals surface area contributed by atoms with Crippen LogP contribution in [0.2, 0.25) is 0 Å². The SMILES string of the molecule is Cc1ccc2cc(-c3cccc(Br)c3)[nH]c2c1. The first-order valence-electron chi connectivity index (χ1n) is 5.58. The van der Waals surface area contributed by atoms with Crippen LogP contribution in [0.4, 0.5) is 0 Å².